The summed E-state index contributed by atoms with van der Waals surface area (Å²) >= 11 is 0. The van der Waals surface area contributed by atoms with Gasteiger partial charge in [-0.25, -0.2) is 4.98 Å². The van der Waals surface area contributed by atoms with Gasteiger partial charge < -0.3 is 5.32 Å². The Hall–Kier alpha value is -2.82. The number of hydrogen-bond donors (Lipinski definition) is 1. The standard InChI is InChI=1S/C16H14N4O/c21-16(18-10-8-12-5-3-4-9-17-12)15-11-19-13-6-1-2-7-14(13)20-15/h1-7,9,11H,8,10H2,(H,18,21). The third-order valence-corrected chi connectivity index (χ3v) is 3.07. The predicted octanol–water partition coefficient (Wildman–Crippen LogP) is 2.00. The fourth-order valence-electron chi connectivity index (χ4n) is 2.01. The van der Waals surface area contributed by atoms with Gasteiger partial charge in [-0.3, -0.25) is 14.8 Å². The molecule has 0 spiro atoms. The van der Waals surface area contributed by atoms with E-state index in [0.29, 0.717) is 18.7 Å². The molecule has 0 aliphatic rings. The molecule has 104 valence electrons. The summed E-state index contributed by atoms with van der Waals surface area (Å²) in [6.45, 7) is 0.518. The molecule has 1 N–H and O–H groups in total. The summed E-state index contributed by atoms with van der Waals surface area (Å²) < 4.78 is 0. The predicted molar refractivity (Wildman–Crippen MR) is 79.8 cm³/mol. The fraction of sp³-hybridized carbons (Fsp3) is 0.125. The average molecular weight is 278 g/mol. The van der Waals surface area contributed by atoms with Crippen LogP contribution in [-0.2, 0) is 6.42 Å². The van der Waals surface area contributed by atoms with Gasteiger partial charge >= 0.3 is 0 Å². The summed E-state index contributed by atoms with van der Waals surface area (Å²) in [5.74, 6) is -0.218. The highest BCUT2D eigenvalue weighted by Crippen LogP contribution is 2.08. The Balaban J connectivity index is 1.64. The Morgan fingerprint density at radius 1 is 1.00 bits per heavy atom. The monoisotopic (exact) mass is 278 g/mol. The highest BCUT2D eigenvalue weighted by Gasteiger charge is 2.08. The van der Waals surface area contributed by atoms with Crippen LogP contribution in [0.1, 0.15) is 16.2 Å². The van der Waals surface area contributed by atoms with Crippen molar-refractivity contribution in [2.24, 2.45) is 0 Å². The molecule has 2 heterocycles. The van der Waals surface area contributed by atoms with Gasteiger partial charge in [0.2, 0.25) is 0 Å². The topological polar surface area (TPSA) is 67.8 Å². The molecule has 3 aromatic rings. The lowest BCUT2D eigenvalue weighted by Crippen LogP contribution is -2.26. The Kier molecular flexibility index (Phi) is 3.82. The Bertz CT molecular complexity index is 758. The Morgan fingerprint density at radius 3 is 2.62 bits per heavy atom. The zero-order valence-electron chi connectivity index (χ0n) is 11.4. The molecule has 1 aromatic carbocycles. The minimum Gasteiger partial charge on any atom is -0.350 e. The van der Waals surface area contributed by atoms with Gasteiger partial charge in [0.1, 0.15) is 5.69 Å². The zero-order valence-corrected chi connectivity index (χ0v) is 11.4. The largest absolute Gasteiger partial charge is 0.350 e. The van der Waals surface area contributed by atoms with Crippen LogP contribution in [0.15, 0.2) is 54.9 Å². The molecule has 0 saturated heterocycles. The van der Waals surface area contributed by atoms with Crippen molar-refractivity contribution in [1.29, 1.82) is 0 Å². The number of carbonyl (C=O) groups excluding carboxylic acids is 1. The molecule has 5 heteroatoms. The lowest BCUT2D eigenvalue weighted by atomic mass is 10.2. The van der Waals surface area contributed by atoms with E-state index in [0.717, 1.165) is 16.7 Å². The van der Waals surface area contributed by atoms with Gasteiger partial charge in [-0.05, 0) is 24.3 Å². The van der Waals surface area contributed by atoms with Crippen LogP contribution in [0.2, 0.25) is 0 Å². The molecular formula is C16H14N4O. The first-order chi connectivity index (χ1) is 10.3. The van der Waals surface area contributed by atoms with Crippen molar-refractivity contribution in [3.8, 4) is 0 Å². The number of aromatic nitrogens is 3. The maximum Gasteiger partial charge on any atom is 0.271 e. The quantitative estimate of drug-likeness (QED) is 0.792. The number of rotatable bonds is 4. The van der Waals surface area contributed by atoms with Gasteiger partial charge in [0.15, 0.2) is 0 Å². The third kappa shape index (κ3) is 3.20. The number of pyridine rings is 1. The molecule has 1 amide bonds. The zero-order chi connectivity index (χ0) is 14.5. The molecule has 21 heavy (non-hydrogen) atoms. The molecule has 0 aliphatic carbocycles. The van der Waals surface area contributed by atoms with E-state index >= 15 is 0 Å². The van der Waals surface area contributed by atoms with Crippen LogP contribution in [0.25, 0.3) is 11.0 Å². The van der Waals surface area contributed by atoms with Crippen LogP contribution < -0.4 is 5.32 Å². The molecule has 3 rings (SSSR count). The number of hydrogen-bond acceptors (Lipinski definition) is 4. The van der Waals surface area contributed by atoms with E-state index in [1.165, 1.54) is 6.20 Å². The van der Waals surface area contributed by atoms with Crippen LogP contribution in [-0.4, -0.2) is 27.4 Å². The highest BCUT2D eigenvalue weighted by atomic mass is 16.1. The summed E-state index contributed by atoms with van der Waals surface area (Å²) in [6, 6.07) is 13.2. The number of carbonyl (C=O) groups is 1. The smallest absolute Gasteiger partial charge is 0.271 e. The first-order valence-electron chi connectivity index (χ1n) is 6.73. The maximum atomic E-state index is 12.0. The van der Waals surface area contributed by atoms with Gasteiger partial charge in [-0.1, -0.05) is 18.2 Å². The van der Waals surface area contributed by atoms with Crippen LogP contribution >= 0.6 is 0 Å². The van der Waals surface area contributed by atoms with Gasteiger partial charge in [0.05, 0.1) is 17.2 Å². The van der Waals surface area contributed by atoms with Crippen molar-refractivity contribution in [1.82, 2.24) is 20.3 Å². The van der Waals surface area contributed by atoms with E-state index in [1.54, 1.807) is 6.20 Å². The second-order valence-corrected chi connectivity index (χ2v) is 4.57. The highest BCUT2D eigenvalue weighted by molar-refractivity contribution is 5.93. The van der Waals surface area contributed by atoms with Crippen LogP contribution in [0.3, 0.4) is 0 Å². The lowest BCUT2D eigenvalue weighted by molar-refractivity contribution is 0.0949. The van der Waals surface area contributed by atoms with E-state index in [2.05, 4.69) is 20.3 Å². The van der Waals surface area contributed by atoms with Crippen molar-refractivity contribution < 1.29 is 4.79 Å². The van der Waals surface area contributed by atoms with Crippen LogP contribution in [0, 0.1) is 0 Å². The molecule has 0 atom stereocenters. The van der Waals surface area contributed by atoms with E-state index in [-0.39, 0.29) is 5.91 Å². The van der Waals surface area contributed by atoms with Crippen molar-refractivity contribution >= 4 is 16.9 Å². The SMILES string of the molecule is O=C(NCCc1ccccn1)c1cnc2ccccc2n1. The van der Waals surface area contributed by atoms with Crippen LogP contribution in [0.4, 0.5) is 0 Å². The first kappa shape index (κ1) is 13.2. The molecule has 0 aliphatic heterocycles. The van der Waals surface area contributed by atoms with Gasteiger partial charge in [-0.2, -0.15) is 0 Å². The van der Waals surface area contributed by atoms with Crippen molar-refractivity contribution in [3.05, 3.63) is 66.2 Å². The summed E-state index contributed by atoms with van der Waals surface area (Å²) in [4.78, 5) is 24.8. The molecule has 0 bridgehead atoms. The average Bonchev–Trinajstić information content (AvgIpc) is 2.55. The molecule has 0 radical (unpaired) electrons. The van der Waals surface area contributed by atoms with Crippen molar-refractivity contribution in [2.45, 2.75) is 6.42 Å². The van der Waals surface area contributed by atoms with E-state index in [1.807, 2.05) is 42.5 Å². The van der Waals surface area contributed by atoms with Crippen molar-refractivity contribution in [3.63, 3.8) is 0 Å². The molecule has 0 saturated carbocycles. The first-order valence-corrected chi connectivity index (χ1v) is 6.73. The third-order valence-electron chi connectivity index (χ3n) is 3.07. The van der Waals surface area contributed by atoms with Crippen LogP contribution in [0.5, 0.6) is 0 Å². The Labute approximate surface area is 122 Å². The minimum absolute atomic E-state index is 0.218. The van der Waals surface area contributed by atoms with Gasteiger partial charge in [-0.15, -0.1) is 0 Å². The molecule has 2 aromatic heterocycles. The number of nitrogens with one attached hydrogen (secondary N) is 1. The maximum absolute atomic E-state index is 12.0. The summed E-state index contributed by atoms with van der Waals surface area (Å²) in [7, 11) is 0. The minimum atomic E-state index is -0.218. The van der Waals surface area contributed by atoms with E-state index in [4.69, 9.17) is 0 Å². The summed E-state index contributed by atoms with van der Waals surface area (Å²) in [6.07, 6.45) is 3.93. The lowest BCUT2D eigenvalue weighted by Gasteiger charge is -2.05. The molecule has 5 nitrogen and oxygen atoms in total. The van der Waals surface area contributed by atoms with Gasteiger partial charge in [0.25, 0.3) is 5.91 Å². The normalized spacial score (nSPS) is 10.5. The fourth-order valence-corrected chi connectivity index (χ4v) is 2.01. The number of fused-ring (bicyclic) bond motifs is 1. The number of nitrogens with zero attached hydrogens (tertiary/aromatic N) is 3. The Morgan fingerprint density at radius 2 is 1.81 bits per heavy atom. The molecular weight excluding hydrogens is 264 g/mol. The molecule has 0 unspecified atom stereocenters. The van der Waals surface area contributed by atoms with Crippen molar-refractivity contribution in [2.75, 3.05) is 6.54 Å². The molecule has 0 fully saturated rings. The second-order valence-electron chi connectivity index (χ2n) is 4.57. The number of amides is 1. The van der Waals surface area contributed by atoms with E-state index < -0.39 is 0 Å². The number of para-hydroxylation sites is 2. The van der Waals surface area contributed by atoms with Gasteiger partial charge in [0, 0.05) is 24.9 Å². The second kappa shape index (κ2) is 6.09. The van der Waals surface area contributed by atoms with E-state index in [9.17, 15) is 4.79 Å². The summed E-state index contributed by atoms with van der Waals surface area (Å²) in [5, 5.41) is 2.83. The number of benzene rings is 1. The summed E-state index contributed by atoms with van der Waals surface area (Å²) in [5.41, 5.74) is 2.77.